The molecule has 24 heavy (non-hydrogen) atoms. The number of halogens is 1. The van der Waals surface area contributed by atoms with E-state index in [4.69, 9.17) is 16.3 Å². The van der Waals surface area contributed by atoms with Gasteiger partial charge in [0.05, 0.1) is 5.69 Å². The first-order valence-electron chi connectivity index (χ1n) is 8.50. The Labute approximate surface area is 147 Å². The van der Waals surface area contributed by atoms with Gasteiger partial charge in [0.15, 0.2) is 6.10 Å². The van der Waals surface area contributed by atoms with E-state index in [1.165, 1.54) is 11.3 Å². The largest absolute Gasteiger partial charge is 0.479 e. The van der Waals surface area contributed by atoms with Gasteiger partial charge in [-0.15, -0.1) is 0 Å². The van der Waals surface area contributed by atoms with E-state index in [-0.39, 0.29) is 24.4 Å². The van der Waals surface area contributed by atoms with Gasteiger partial charge in [-0.25, -0.2) is 0 Å². The quantitative estimate of drug-likeness (QED) is 0.840. The van der Waals surface area contributed by atoms with Crippen LogP contribution in [0.4, 0.5) is 5.69 Å². The van der Waals surface area contributed by atoms with Crippen molar-refractivity contribution in [3.05, 3.63) is 23.2 Å². The van der Waals surface area contributed by atoms with Crippen LogP contribution in [0.25, 0.3) is 0 Å². The lowest BCUT2D eigenvalue weighted by molar-refractivity contribution is -0.134. The van der Waals surface area contributed by atoms with Crippen molar-refractivity contribution in [1.82, 2.24) is 4.90 Å². The summed E-state index contributed by atoms with van der Waals surface area (Å²) in [4.78, 5) is 28.5. The van der Waals surface area contributed by atoms with Gasteiger partial charge in [0.2, 0.25) is 5.91 Å². The molecule has 130 valence electrons. The Morgan fingerprint density at radius 1 is 1.33 bits per heavy atom. The Balaban J connectivity index is 1.79. The normalized spacial score (nSPS) is 21.2. The van der Waals surface area contributed by atoms with Crippen LogP contribution in [0.1, 0.15) is 39.0 Å². The minimum absolute atomic E-state index is 0.0207. The summed E-state index contributed by atoms with van der Waals surface area (Å²) in [5.74, 6) is 0.324. The molecular weight excluding hydrogens is 328 g/mol. The maximum absolute atomic E-state index is 12.7. The molecule has 0 bridgehead atoms. The predicted molar refractivity (Wildman–Crippen MR) is 93.5 cm³/mol. The van der Waals surface area contributed by atoms with Crippen LogP contribution < -0.4 is 9.64 Å². The molecular formula is C18H23ClN2O3. The van der Waals surface area contributed by atoms with Gasteiger partial charge in [0, 0.05) is 18.1 Å². The highest BCUT2D eigenvalue weighted by Crippen LogP contribution is 2.36. The molecule has 1 saturated carbocycles. The second-order valence-corrected chi connectivity index (χ2v) is 7.03. The molecule has 0 saturated heterocycles. The number of likely N-dealkylation sites (N-methyl/N-ethyl adjacent to an activating group) is 1. The monoisotopic (exact) mass is 350 g/mol. The van der Waals surface area contributed by atoms with Gasteiger partial charge in [-0.2, -0.15) is 0 Å². The number of rotatable bonds is 3. The first-order valence-corrected chi connectivity index (χ1v) is 8.88. The number of carbonyl (C=O) groups excluding carboxylic acids is 2. The van der Waals surface area contributed by atoms with Gasteiger partial charge in [0.25, 0.3) is 5.91 Å². The van der Waals surface area contributed by atoms with E-state index in [0.29, 0.717) is 16.5 Å². The van der Waals surface area contributed by atoms with E-state index in [1.54, 1.807) is 30.0 Å². The Morgan fingerprint density at radius 3 is 2.75 bits per heavy atom. The van der Waals surface area contributed by atoms with Gasteiger partial charge >= 0.3 is 0 Å². The first kappa shape index (κ1) is 17.1. The average molecular weight is 351 g/mol. The topological polar surface area (TPSA) is 49.9 Å². The number of hydrogen-bond acceptors (Lipinski definition) is 3. The smallest absolute Gasteiger partial charge is 0.268 e. The zero-order chi connectivity index (χ0) is 17.3. The van der Waals surface area contributed by atoms with E-state index in [1.807, 2.05) is 7.05 Å². The molecule has 2 aliphatic rings. The first-order chi connectivity index (χ1) is 11.5. The van der Waals surface area contributed by atoms with Crippen molar-refractivity contribution in [1.29, 1.82) is 0 Å². The Morgan fingerprint density at radius 2 is 2.04 bits per heavy atom. The standard InChI is InChI=1S/C18H23ClN2O3/c1-12-18(23)21(15-10-13(19)8-9-16(15)24-12)11-17(22)20(2)14-6-4-3-5-7-14/h8-10,12,14H,3-7,11H2,1-2H3. The van der Waals surface area contributed by atoms with Gasteiger partial charge in [-0.3, -0.25) is 14.5 Å². The molecule has 0 N–H and O–H groups in total. The van der Waals surface area contributed by atoms with Gasteiger partial charge in [0.1, 0.15) is 12.3 Å². The van der Waals surface area contributed by atoms with Crippen molar-refractivity contribution >= 4 is 29.1 Å². The Kier molecular flexibility index (Phi) is 4.99. The van der Waals surface area contributed by atoms with Crippen LogP contribution in [0.3, 0.4) is 0 Å². The maximum Gasteiger partial charge on any atom is 0.268 e. The van der Waals surface area contributed by atoms with Crippen molar-refractivity contribution in [2.75, 3.05) is 18.5 Å². The van der Waals surface area contributed by atoms with Gasteiger partial charge in [-0.05, 0) is 38.0 Å². The fourth-order valence-corrected chi connectivity index (χ4v) is 3.63. The van der Waals surface area contributed by atoms with E-state index < -0.39 is 6.10 Å². The molecule has 1 aromatic carbocycles. The molecule has 1 heterocycles. The molecule has 1 fully saturated rings. The zero-order valence-electron chi connectivity index (χ0n) is 14.1. The molecule has 0 spiro atoms. The van der Waals surface area contributed by atoms with Crippen LogP contribution in [0.15, 0.2) is 18.2 Å². The number of ether oxygens (including phenoxy) is 1. The summed E-state index contributed by atoms with van der Waals surface area (Å²) < 4.78 is 5.61. The summed E-state index contributed by atoms with van der Waals surface area (Å²) >= 11 is 6.06. The molecule has 1 unspecified atom stereocenters. The third kappa shape index (κ3) is 3.36. The highest BCUT2D eigenvalue weighted by Gasteiger charge is 2.34. The number of benzene rings is 1. The van der Waals surface area contributed by atoms with Crippen molar-refractivity contribution in [3.63, 3.8) is 0 Å². The second-order valence-electron chi connectivity index (χ2n) is 6.59. The number of hydrogen-bond donors (Lipinski definition) is 0. The van der Waals surface area contributed by atoms with Crippen molar-refractivity contribution in [3.8, 4) is 5.75 Å². The SMILES string of the molecule is CC1Oc2ccc(Cl)cc2N(CC(=O)N(C)C2CCCCC2)C1=O. The van der Waals surface area contributed by atoms with Crippen molar-refractivity contribution in [2.45, 2.75) is 51.2 Å². The summed E-state index contributed by atoms with van der Waals surface area (Å²) in [6, 6.07) is 5.41. The molecule has 3 rings (SSSR count). The van der Waals surface area contributed by atoms with E-state index in [0.717, 1.165) is 25.7 Å². The number of amides is 2. The summed E-state index contributed by atoms with van der Waals surface area (Å²) in [6.45, 7) is 1.72. The van der Waals surface area contributed by atoms with Crippen LogP contribution in [0, 0.1) is 0 Å². The molecule has 0 aromatic heterocycles. The van der Waals surface area contributed by atoms with E-state index in [2.05, 4.69) is 0 Å². The fraction of sp³-hybridized carbons (Fsp3) is 0.556. The van der Waals surface area contributed by atoms with E-state index in [9.17, 15) is 9.59 Å². The molecule has 1 aliphatic carbocycles. The third-order valence-electron chi connectivity index (χ3n) is 4.94. The minimum Gasteiger partial charge on any atom is -0.479 e. The second kappa shape index (κ2) is 7.01. The van der Waals surface area contributed by atoms with Crippen molar-refractivity contribution < 1.29 is 14.3 Å². The van der Waals surface area contributed by atoms with Crippen LogP contribution >= 0.6 is 11.6 Å². The number of nitrogens with zero attached hydrogens (tertiary/aromatic N) is 2. The molecule has 0 radical (unpaired) electrons. The Hall–Kier alpha value is -1.75. The summed E-state index contributed by atoms with van der Waals surface area (Å²) in [7, 11) is 1.84. The van der Waals surface area contributed by atoms with Crippen LogP contribution in [0.2, 0.25) is 5.02 Å². The van der Waals surface area contributed by atoms with E-state index >= 15 is 0 Å². The predicted octanol–water partition coefficient (Wildman–Crippen LogP) is 3.25. The molecule has 1 aliphatic heterocycles. The molecule has 1 aromatic rings. The Bertz CT molecular complexity index is 643. The minimum atomic E-state index is -0.605. The molecule has 1 atom stereocenters. The summed E-state index contributed by atoms with van der Waals surface area (Å²) in [6.07, 6.45) is 5.04. The number of fused-ring (bicyclic) bond motifs is 1. The number of anilines is 1. The van der Waals surface area contributed by atoms with Crippen LogP contribution in [0.5, 0.6) is 5.75 Å². The van der Waals surface area contributed by atoms with Crippen molar-refractivity contribution in [2.24, 2.45) is 0 Å². The summed E-state index contributed by atoms with van der Waals surface area (Å²) in [5.41, 5.74) is 0.566. The lowest BCUT2D eigenvalue weighted by atomic mass is 9.94. The highest BCUT2D eigenvalue weighted by atomic mass is 35.5. The maximum atomic E-state index is 12.7. The lowest BCUT2D eigenvalue weighted by Crippen LogP contribution is -2.50. The third-order valence-corrected chi connectivity index (χ3v) is 5.17. The lowest BCUT2D eigenvalue weighted by Gasteiger charge is -2.36. The zero-order valence-corrected chi connectivity index (χ0v) is 14.9. The molecule has 2 amide bonds. The van der Waals surface area contributed by atoms with Gasteiger partial charge in [-0.1, -0.05) is 30.9 Å². The summed E-state index contributed by atoms with van der Waals surface area (Å²) in [5, 5.41) is 0.512. The molecule has 6 heteroatoms. The highest BCUT2D eigenvalue weighted by molar-refractivity contribution is 6.31. The van der Waals surface area contributed by atoms with Crippen LogP contribution in [-0.2, 0) is 9.59 Å². The molecule has 5 nitrogen and oxygen atoms in total. The average Bonchev–Trinajstić information content (AvgIpc) is 2.59. The van der Waals surface area contributed by atoms with Gasteiger partial charge < -0.3 is 9.64 Å². The fourth-order valence-electron chi connectivity index (χ4n) is 3.46. The van der Waals surface area contributed by atoms with Crippen LogP contribution in [-0.4, -0.2) is 42.5 Å². The number of carbonyl (C=O) groups is 2.